The van der Waals surface area contributed by atoms with Gasteiger partial charge in [-0.15, -0.1) is 0 Å². The Morgan fingerprint density at radius 2 is 1.77 bits per heavy atom. The highest BCUT2D eigenvalue weighted by atomic mass is 31.2. The summed E-state index contributed by atoms with van der Waals surface area (Å²) in [6.07, 6.45) is 1.50. The van der Waals surface area contributed by atoms with Crippen molar-refractivity contribution in [3.05, 3.63) is 77.2 Å². The van der Waals surface area contributed by atoms with Crippen LogP contribution in [-0.4, -0.2) is 38.1 Å². The Kier molecular flexibility index (Phi) is 10.3. The van der Waals surface area contributed by atoms with E-state index in [1.807, 2.05) is 56.3 Å². The van der Waals surface area contributed by atoms with Gasteiger partial charge in [-0.25, -0.2) is 9.37 Å². The number of pyridine rings is 1. The van der Waals surface area contributed by atoms with Gasteiger partial charge < -0.3 is 18.7 Å². The second kappa shape index (κ2) is 13.1. The summed E-state index contributed by atoms with van der Waals surface area (Å²) < 4.78 is 50.6. The molecule has 212 valence electrons. The van der Waals surface area contributed by atoms with Crippen molar-refractivity contribution in [2.24, 2.45) is 5.41 Å². The fourth-order valence-corrected chi connectivity index (χ4v) is 5.98. The molecule has 0 amide bonds. The smallest absolute Gasteiger partial charge is 0.213 e. The standard InChI is InChI=1S/C31H41FNO5P/c1-9-38-39(8,34)21(2)15-22-11-10-12-24(16-22)37-20-23-13-14-25(26-18-29(35-6)33-19-28(26)32)27(17-23)30(36-7)31(3,4)5/h10-14,16-19,21,30H,9,15,20H2,1-8H3/t21-,30-,39?/m1/s1. The Hall–Kier alpha value is -2.73. The van der Waals surface area contributed by atoms with Crippen LogP contribution in [0.2, 0.25) is 0 Å². The van der Waals surface area contributed by atoms with E-state index < -0.39 is 13.2 Å². The summed E-state index contributed by atoms with van der Waals surface area (Å²) in [7, 11) is 0.485. The molecule has 1 aromatic heterocycles. The molecule has 0 fully saturated rings. The molecule has 8 heteroatoms. The zero-order chi connectivity index (χ0) is 28.8. The summed E-state index contributed by atoms with van der Waals surface area (Å²) in [5.74, 6) is 0.623. The lowest BCUT2D eigenvalue weighted by Gasteiger charge is -2.32. The maximum absolute atomic E-state index is 14.9. The number of ether oxygens (including phenoxy) is 3. The topological polar surface area (TPSA) is 66.9 Å². The molecule has 3 aromatic rings. The Morgan fingerprint density at radius 1 is 1.03 bits per heavy atom. The fourth-order valence-electron chi connectivity index (χ4n) is 4.67. The Morgan fingerprint density at radius 3 is 2.41 bits per heavy atom. The molecule has 1 heterocycles. The van der Waals surface area contributed by atoms with Gasteiger partial charge in [0.1, 0.15) is 18.2 Å². The van der Waals surface area contributed by atoms with Crippen LogP contribution in [0.3, 0.4) is 0 Å². The molecule has 3 atom stereocenters. The van der Waals surface area contributed by atoms with Crippen LogP contribution in [0.5, 0.6) is 11.6 Å². The van der Waals surface area contributed by atoms with Gasteiger partial charge in [0.05, 0.1) is 26.0 Å². The molecule has 6 nitrogen and oxygen atoms in total. The normalized spacial score (nSPS) is 14.9. The van der Waals surface area contributed by atoms with Crippen LogP contribution in [0.4, 0.5) is 4.39 Å². The number of rotatable bonds is 12. The highest BCUT2D eigenvalue weighted by Crippen LogP contribution is 2.49. The molecule has 0 radical (unpaired) electrons. The average molecular weight is 558 g/mol. The summed E-state index contributed by atoms with van der Waals surface area (Å²) in [6, 6.07) is 15.3. The van der Waals surface area contributed by atoms with Crippen LogP contribution in [0.1, 0.15) is 57.4 Å². The quantitative estimate of drug-likeness (QED) is 0.210. The summed E-state index contributed by atoms with van der Waals surface area (Å²) in [5, 5.41) is 0. The van der Waals surface area contributed by atoms with Crippen LogP contribution in [-0.2, 0) is 26.9 Å². The van der Waals surface area contributed by atoms with Gasteiger partial charge in [0.2, 0.25) is 13.2 Å². The molecule has 0 saturated heterocycles. The van der Waals surface area contributed by atoms with Gasteiger partial charge in [0, 0.05) is 31.1 Å². The van der Waals surface area contributed by atoms with Crippen LogP contribution < -0.4 is 9.47 Å². The van der Waals surface area contributed by atoms with Crippen molar-refractivity contribution >= 4 is 7.37 Å². The van der Waals surface area contributed by atoms with E-state index in [0.29, 0.717) is 36.6 Å². The molecule has 0 aliphatic carbocycles. The first-order valence-corrected chi connectivity index (χ1v) is 15.3. The SMILES string of the molecule is CCOP(C)(=O)[C@H](C)Cc1cccc(OCc2ccc(-c3cc(OC)ncc3F)c([C@@H](OC)C(C)(C)C)c2)c1. The second-order valence-electron chi connectivity index (χ2n) is 10.9. The molecule has 0 aliphatic rings. The number of benzene rings is 2. The monoisotopic (exact) mass is 557 g/mol. The number of hydrogen-bond donors (Lipinski definition) is 0. The Bertz CT molecular complexity index is 1310. The van der Waals surface area contributed by atoms with Crippen LogP contribution in [0.15, 0.2) is 54.7 Å². The van der Waals surface area contributed by atoms with Gasteiger partial charge in [0.25, 0.3) is 0 Å². The van der Waals surface area contributed by atoms with Crippen molar-refractivity contribution in [1.29, 1.82) is 0 Å². The van der Waals surface area contributed by atoms with Crippen molar-refractivity contribution < 1.29 is 27.7 Å². The van der Waals surface area contributed by atoms with E-state index in [1.165, 1.54) is 13.3 Å². The van der Waals surface area contributed by atoms with Crippen LogP contribution in [0.25, 0.3) is 11.1 Å². The van der Waals surface area contributed by atoms with Gasteiger partial charge in [-0.2, -0.15) is 0 Å². The minimum absolute atomic E-state index is 0.0987. The predicted octanol–water partition coefficient (Wildman–Crippen LogP) is 8.08. The summed E-state index contributed by atoms with van der Waals surface area (Å²) in [4.78, 5) is 3.98. The molecule has 0 saturated carbocycles. The minimum atomic E-state index is -2.69. The van der Waals surface area contributed by atoms with E-state index >= 15 is 0 Å². The zero-order valence-corrected chi connectivity index (χ0v) is 25.2. The van der Waals surface area contributed by atoms with E-state index in [0.717, 1.165) is 22.4 Å². The highest BCUT2D eigenvalue weighted by molar-refractivity contribution is 7.58. The molecule has 0 bridgehead atoms. The van der Waals surface area contributed by atoms with Gasteiger partial charge in [-0.1, -0.05) is 52.0 Å². The summed E-state index contributed by atoms with van der Waals surface area (Å²) >= 11 is 0. The average Bonchev–Trinajstić information content (AvgIpc) is 2.88. The van der Waals surface area contributed by atoms with Crippen molar-refractivity contribution in [3.8, 4) is 22.8 Å². The first kappa shape index (κ1) is 30.8. The fraction of sp³-hybridized carbons (Fsp3) is 0.452. The predicted molar refractivity (Wildman–Crippen MR) is 154 cm³/mol. The van der Waals surface area contributed by atoms with E-state index in [2.05, 4.69) is 25.8 Å². The number of nitrogens with zero attached hydrogens (tertiary/aromatic N) is 1. The minimum Gasteiger partial charge on any atom is -0.489 e. The molecule has 0 N–H and O–H groups in total. The van der Waals surface area contributed by atoms with Gasteiger partial charge >= 0.3 is 0 Å². The van der Waals surface area contributed by atoms with E-state index in [-0.39, 0.29) is 17.2 Å². The third-order valence-corrected chi connectivity index (χ3v) is 9.33. The second-order valence-corrected chi connectivity index (χ2v) is 13.9. The lowest BCUT2D eigenvalue weighted by atomic mass is 9.81. The number of aromatic nitrogens is 1. The molecule has 3 rings (SSSR count). The van der Waals surface area contributed by atoms with Crippen molar-refractivity contribution in [3.63, 3.8) is 0 Å². The lowest BCUT2D eigenvalue weighted by Crippen LogP contribution is -2.21. The first-order chi connectivity index (χ1) is 18.4. The van der Waals surface area contributed by atoms with Gasteiger partial charge in [-0.3, -0.25) is 4.57 Å². The third-order valence-electron chi connectivity index (χ3n) is 6.77. The molecule has 2 aromatic carbocycles. The Labute approximate surface area is 232 Å². The maximum atomic E-state index is 14.9. The molecule has 0 aliphatic heterocycles. The highest BCUT2D eigenvalue weighted by Gasteiger charge is 2.30. The molecular formula is C31H41FNO5P. The largest absolute Gasteiger partial charge is 0.489 e. The number of methoxy groups -OCH3 is 2. The van der Waals surface area contributed by atoms with Crippen molar-refractivity contribution in [2.45, 2.75) is 59.4 Å². The van der Waals surface area contributed by atoms with Crippen molar-refractivity contribution in [1.82, 2.24) is 4.98 Å². The number of hydrogen-bond acceptors (Lipinski definition) is 6. The van der Waals surface area contributed by atoms with E-state index in [9.17, 15) is 8.96 Å². The van der Waals surface area contributed by atoms with E-state index in [1.54, 1.807) is 19.8 Å². The van der Waals surface area contributed by atoms with Gasteiger partial charge in [0.15, 0.2) is 0 Å². The Balaban J connectivity index is 1.89. The van der Waals surface area contributed by atoms with Gasteiger partial charge in [-0.05, 0) is 59.2 Å². The lowest BCUT2D eigenvalue weighted by molar-refractivity contribution is 0.0155. The van der Waals surface area contributed by atoms with Crippen molar-refractivity contribution in [2.75, 3.05) is 27.5 Å². The van der Waals surface area contributed by atoms with E-state index in [4.69, 9.17) is 18.7 Å². The molecule has 1 unspecified atom stereocenters. The molecule has 0 spiro atoms. The molecular weight excluding hydrogens is 516 g/mol. The zero-order valence-electron chi connectivity index (χ0n) is 24.3. The number of halogens is 1. The third kappa shape index (κ3) is 7.91. The van der Waals surface area contributed by atoms with Crippen LogP contribution >= 0.6 is 7.37 Å². The summed E-state index contributed by atoms with van der Waals surface area (Å²) in [6.45, 7) is 12.5. The maximum Gasteiger partial charge on any atom is 0.213 e. The first-order valence-electron chi connectivity index (χ1n) is 13.2. The summed E-state index contributed by atoms with van der Waals surface area (Å²) in [5.41, 5.74) is 3.59. The van der Waals surface area contributed by atoms with Crippen LogP contribution in [0, 0.1) is 11.2 Å². The molecule has 39 heavy (non-hydrogen) atoms.